The number of hydrogen-bond donors (Lipinski definition) is 1. The first-order valence-corrected chi connectivity index (χ1v) is 9.12. The summed E-state index contributed by atoms with van der Waals surface area (Å²) in [6.07, 6.45) is 2.67. The fourth-order valence-corrected chi connectivity index (χ4v) is 3.77. The molecule has 2 aliphatic rings. The van der Waals surface area contributed by atoms with Crippen LogP contribution < -0.4 is 5.32 Å². The second-order valence-corrected chi connectivity index (χ2v) is 6.78. The fourth-order valence-electron chi connectivity index (χ4n) is 3.77. The average Bonchev–Trinajstić information content (AvgIpc) is 3.20. The number of piperazine rings is 1. The molecule has 2 heterocycles. The van der Waals surface area contributed by atoms with E-state index in [2.05, 4.69) is 39.5 Å². The van der Waals surface area contributed by atoms with Crippen LogP contribution in [-0.4, -0.2) is 61.4 Å². The van der Waals surface area contributed by atoms with E-state index in [0.717, 1.165) is 32.0 Å². The van der Waals surface area contributed by atoms with E-state index in [4.69, 9.17) is 4.42 Å². The van der Waals surface area contributed by atoms with Gasteiger partial charge in [-0.25, -0.2) is 0 Å². The molecule has 144 valence electrons. The molecule has 7 heteroatoms. The lowest BCUT2D eigenvalue weighted by Crippen LogP contribution is -2.54. The van der Waals surface area contributed by atoms with Gasteiger partial charge in [0.2, 0.25) is 0 Å². The van der Waals surface area contributed by atoms with E-state index in [1.54, 1.807) is 12.1 Å². The lowest BCUT2D eigenvalue weighted by atomic mass is 9.78. The van der Waals surface area contributed by atoms with Gasteiger partial charge in [0.25, 0.3) is 5.91 Å². The van der Waals surface area contributed by atoms with Crippen molar-refractivity contribution in [3.63, 3.8) is 0 Å². The quantitative estimate of drug-likeness (QED) is 0.417. The molecular formula is C20H25IN4O2. The van der Waals surface area contributed by atoms with E-state index in [1.807, 2.05) is 11.9 Å². The third-order valence-electron chi connectivity index (χ3n) is 5.28. The van der Waals surface area contributed by atoms with Crippen molar-refractivity contribution in [1.29, 1.82) is 0 Å². The molecule has 1 amide bonds. The highest BCUT2D eigenvalue weighted by molar-refractivity contribution is 14.0. The summed E-state index contributed by atoms with van der Waals surface area (Å²) in [7, 11) is 1.82. The van der Waals surface area contributed by atoms with Crippen LogP contribution in [0.3, 0.4) is 0 Å². The van der Waals surface area contributed by atoms with Gasteiger partial charge >= 0.3 is 0 Å². The van der Waals surface area contributed by atoms with Crippen LogP contribution in [0.15, 0.2) is 52.1 Å². The molecular weight excluding hydrogens is 455 g/mol. The number of carbonyl (C=O) groups is 1. The van der Waals surface area contributed by atoms with Crippen LogP contribution in [-0.2, 0) is 6.42 Å². The van der Waals surface area contributed by atoms with Crippen molar-refractivity contribution in [1.82, 2.24) is 15.1 Å². The fraction of sp³-hybridized carbons (Fsp3) is 0.400. The molecule has 1 saturated heterocycles. The number of aliphatic imine (C=N–C) groups is 1. The Morgan fingerprint density at radius 2 is 1.89 bits per heavy atom. The van der Waals surface area contributed by atoms with E-state index >= 15 is 0 Å². The van der Waals surface area contributed by atoms with Crippen LogP contribution in [0.2, 0.25) is 0 Å². The minimum Gasteiger partial charge on any atom is -0.459 e. The van der Waals surface area contributed by atoms with Crippen LogP contribution in [0.1, 0.15) is 27.6 Å². The molecule has 1 fully saturated rings. The molecule has 1 aliphatic heterocycles. The molecule has 6 nitrogen and oxygen atoms in total. The summed E-state index contributed by atoms with van der Waals surface area (Å²) in [5.41, 5.74) is 2.91. The predicted octanol–water partition coefficient (Wildman–Crippen LogP) is 2.57. The zero-order chi connectivity index (χ0) is 17.9. The molecule has 1 atom stereocenters. The predicted molar refractivity (Wildman–Crippen MR) is 116 cm³/mol. The standard InChI is InChI=1S/C20H24N4O2.HI/c1-21-20(22-14-16-13-15-5-2-3-6-17(15)16)24-10-8-23(9-11-24)19(25)18-7-4-12-26-18;/h2-7,12,16H,8-11,13-14H2,1H3,(H,21,22);1H. The number of rotatable bonds is 3. The van der Waals surface area contributed by atoms with Crippen molar-refractivity contribution in [2.75, 3.05) is 39.8 Å². The highest BCUT2D eigenvalue weighted by atomic mass is 127. The lowest BCUT2D eigenvalue weighted by Gasteiger charge is -2.37. The molecule has 1 aromatic carbocycles. The Hall–Kier alpha value is -2.03. The van der Waals surface area contributed by atoms with Gasteiger partial charge in [-0.1, -0.05) is 24.3 Å². The number of halogens is 1. The average molecular weight is 480 g/mol. The first kappa shape index (κ1) is 19.7. The number of fused-ring (bicyclic) bond motifs is 1. The van der Waals surface area contributed by atoms with Gasteiger partial charge in [0.05, 0.1) is 6.26 Å². The normalized spacial score (nSPS) is 19.0. The van der Waals surface area contributed by atoms with Gasteiger partial charge in [-0.15, -0.1) is 24.0 Å². The molecule has 1 N–H and O–H groups in total. The SMILES string of the molecule is CN=C(NCC1Cc2ccccc21)N1CCN(C(=O)c2ccco2)CC1.I. The maximum absolute atomic E-state index is 12.4. The lowest BCUT2D eigenvalue weighted by molar-refractivity contribution is 0.0657. The number of amides is 1. The molecule has 2 aromatic rings. The summed E-state index contributed by atoms with van der Waals surface area (Å²) >= 11 is 0. The molecule has 0 radical (unpaired) electrons. The molecule has 0 bridgehead atoms. The number of benzene rings is 1. The number of nitrogens with zero attached hydrogens (tertiary/aromatic N) is 3. The first-order chi connectivity index (χ1) is 12.8. The molecule has 0 spiro atoms. The van der Waals surface area contributed by atoms with Crippen LogP contribution >= 0.6 is 24.0 Å². The Labute approximate surface area is 176 Å². The van der Waals surface area contributed by atoms with E-state index in [-0.39, 0.29) is 29.9 Å². The monoisotopic (exact) mass is 480 g/mol. The summed E-state index contributed by atoms with van der Waals surface area (Å²) in [6, 6.07) is 12.1. The summed E-state index contributed by atoms with van der Waals surface area (Å²) in [6.45, 7) is 3.79. The topological polar surface area (TPSA) is 61.1 Å². The van der Waals surface area contributed by atoms with E-state index in [0.29, 0.717) is 24.8 Å². The van der Waals surface area contributed by atoms with Crippen LogP contribution in [0.25, 0.3) is 0 Å². The largest absolute Gasteiger partial charge is 0.459 e. The second kappa shape index (κ2) is 8.77. The zero-order valence-electron chi connectivity index (χ0n) is 15.4. The van der Waals surface area contributed by atoms with Crippen molar-refractivity contribution in [3.05, 3.63) is 59.5 Å². The number of carbonyl (C=O) groups excluding carboxylic acids is 1. The first-order valence-electron chi connectivity index (χ1n) is 9.12. The van der Waals surface area contributed by atoms with Gasteiger partial charge in [-0.3, -0.25) is 9.79 Å². The van der Waals surface area contributed by atoms with Gasteiger partial charge in [0.1, 0.15) is 0 Å². The summed E-state index contributed by atoms with van der Waals surface area (Å²) in [4.78, 5) is 20.8. The highest BCUT2D eigenvalue weighted by Gasteiger charge is 2.28. The molecule has 1 aromatic heterocycles. The van der Waals surface area contributed by atoms with Gasteiger partial charge in [0.15, 0.2) is 11.7 Å². The number of hydrogen-bond acceptors (Lipinski definition) is 3. The molecule has 1 unspecified atom stereocenters. The minimum atomic E-state index is -0.0383. The van der Waals surface area contributed by atoms with E-state index < -0.39 is 0 Å². The third kappa shape index (κ3) is 4.12. The van der Waals surface area contributed by atoms with E-state index in [1.165, 1.54) is 17.4 Å². The molecule has 4 rings (SSSR count). The Kier molecular flexibility index (Phi) is 6.41. The Balaban J connectivity index is 0.00000210. The van der Waals surface area contributed by atoms with E-state index in [9.17, 15) is 4.79 Å². The highest BCUT2D eigenvalue weighted by Crippen LogP contribution is 2.34. The number of furan rings is 1. The third-order valence-corrected chi connectivity index (χ3v) is 5.28. The van der Waals surface area contributed by atoms with Gasteiger partial charge in [0, 0.05) is 45.7 Å². The maximum Gasteiger partial charge on any atom is 0.289 e. The van der Waals surface area contributed by atoms with Crippen molar-refractivity contribution in [2.45, 2.75) is 12.3 Å². The van der Waals surface area contributed by atoms with Crippen molar-refractivity contribution < 1.29 is 9.21 Å². The second-order valence-electron chi connectivity index (χ2n) is 6.78. The van der Waals surface area contributed by atoms with Crippen molar-refractivity contribution in [2.24, 2.45) is 4.99 Å². The minimum absolute atomic E-state index is 0. The summed E-state index contributed by atoms with van der Waals surface area (Å²) in [5, 5.41) is 3.51. The van der Waals surface area contributed by atoms with Crippen LogP contribution in [0.5, 0.6) is 0 Å². The van der Waals surface area contributed by atoms with Crippen LogP contribution in [0.4, 0.5) is 0 Å². The summed E-state index contributed by atoms with van der Waals surface area (Å²) in [5.74, 6) is 1.84. The summed E-state index contributed by atoms with van der Waals surface area (Å²) < 4.78 is 5.22. The Morgan fingerprint density at radius 3 is 2.56 bits per heavy atom. The smallest absolute Gasteiger partial charge is 0.289 e. The van der Waals surface area contributed by atoms with Gasteiger partial charge in [-0.2, -0.15) is 0 Å². The molecule has 1 aliphatic carbocycles. The molecule has 0 saturated carbocycles. The van der Waals surface area contributed by atoms with Gasteiger partial charge in [-0.05, 0) is 29.7 Å². The maximum atomic E-state index is 12.4. The Morgan fingerprint density at radius 1 is 1.15 bits per heavy atom. The molecule has 27 heavy (non-hydrogen) atoms. The number of guanidine groups is 1. The van der Waals surface area contributed by atoms with Gasteiger partial charge < -0.3 is 19.5 Å². The van der Waals surface area contributed by atoms with Crippen LogP contribution in [0, 0.1) is 0 Å². The van der Waals surface area contributed by atoms with Crippen molar-refractivity contribution in [3.8, 4) is 0 Å². The zero-order valence-corrected chi connectivity index (χ0v) is 17.8. The Bertz CT molecular complexity index is 798. The number of nitrogens with one attached hydrogen (secondary N) is 1. The van der Waals surface area contributed by atoms with Crippen molar-refractivity contribution >= 4 is 35.8 Å².